The van der Waals surface area contributed by atoms with Gasteiger partial charge in [0.2, 0.25) is 0 Å². The summed E-state index contributed by atoms with van der Waals surface area (Å²) >= 11 is 0. The largest absolute Gasteiger partial charge is 0.478 e. The van der Waals surface area contributed by atoms with Crippen LogP contribution in [0.1, 0.15) is 15.9 Å². The van der Waals surface area contributed by atoms with E-state index in [2.05, 4.69) is 10.3 Å². The normalized spacial score (nSPS) is 10.2. The molecule has 2 aromatic rings. The van der Waals surface area contributed by atoms with E-state index in [1.807, 2.05) is 24.3 Å². The molecule has 0 atom stereocenters. The van der Waals surface area contributed by atoms with Crippen molar-refractivity contribution in [2.75, 3.05) is 12.4 Å². The van der Waals surface area contributed by atoms with E-state index < -0.39 is 5.97 Å². The lowest BCUT2D eigenvalue weighted by Crippen LogP contribution is -1.99. The number of anilines is 2. The zero-order chi connectivity index (χ0) is 13.7. The topological polar surface area (TPSA) is 71.5 Å². The number of ether oxygens (including phenoxy) is 1. The van der Waals surface area contributed by atoms with Crippen LogP contribution in [0.15, 0.2) is 42.6 Å². The zero-order valence-corrected chi connectivity index (χ0v) is 10.5. The molecule has 0 aliphatic carbocycles. The number of nitrogens with zero attached hydrogens (tertiary/aromatic N) is 1. The third kappa shape index (κ3) is 3.53. The molecule has 1 heterocycles. The van der Waals surface area contributed by atoms with E-state index in [4.69, 9.17) is 9.84 Å². The molecule has 0 aliphatic heterocycles. The molecule has 1 aromatic heterocycles. The van der Waals surface area contributed by atoms with Crippen molar-refractivity contribution in [1.29, 1.82) is 0 Å². The van der Waals surface area contributed by atoms with Gasteiger partial charge in [0.05, 0.1) is 12.2 Å². The minimum absolute atomic E-state index is 0.168. The lowest BCUT2D eigenvalue weighted by molar-refractivity contribution is 0.0696. The molecule has 19 heavy (non-hydrogen) atoms. The van der Waals surface area contributed by atoms with E-state index in [0.29, 0.717) is 12.4 Å². The molecule has 0 saturated carbocycles. The average Bonchev–Trinajstić information content (AvgIpc) is 2.42. The molecule has 0 unspecified atom stereocenters. The second-order valence-electron chi connectivity index (χ2n) is 3.99. The molecule has 0 aliphatic rings. The van der Waals surface area contributed by atoms with Gasteiger partial charge in [0.15, 0.2) is 0 Å². The van der Waals surface area contributed by atoms with Crippen LogP contribution < -0.4 is 5.32 Å². The van der Waals surface area contributed by atoms with Crippen LogP contribution in [0.4, 0.5) is 11.5 Å². The van der Waals surface area contributed by atoms with Crippen molar-refractivity contribution < 1.29 is 14.6 Å². The molecular weight excluding hydrogens is 244 g/mol. The van der Waals surface area contributed by atoms with Gasteiger partial charge in [-0.25, -0.2) is 9.78 Å². The summed E-state index contributed by atoms with van der Waals surface area (Å²) in [6.45, 7) is 0.575. The minimum atomic E-state index is -0.983. The van der Waals surface area contributed by atoms with E-state index in [1.54, 1.807) is 13.2 Å². The highest BCUT2D eigenvalue weighted by Gasteiger charge is 2.03. The summed E-state index contributed by atoms with van der Waals surface area (Å²) in [7, 11) is 1.65. The standard InChI is InChI=1S/C14H14N2O3/c1-19-9-10-2-5-12(6-3-10)16-13-7-4-11(8-15-13)14(17)18/h2-8H,9H2,1H3,(H,15,16)(H,17,18). The molecule has 0 bridgehead atoms. The summed E-state index contributed by atoms with van der Waals surface area (Å²) < 4.78 is 5.03. The zero-order valence-electron chi connectivity index (χ0n) is 10.5. The van der Waals surface area contributed by atoms with Crippen molar-refractivity contribution in [1.82, 2.24) is 4.98 Å². The number of nitrogens with one attached hydrogen (secondary N) is 1. The molecule has 2 rings (SSSR count). The Hall–Kier alpha value is -2.40. The molecule has 5 nitrogen and oxygen atoms in total. The number of hydrogen-bond donors (Lipinski definition) is 2. The Morgan fingerprint density at radius 2 is 2.00 bits per heavy atom. The van der Waals surface area contributed by atoms with Crippen molar-refractivity contribution in [3.63, 3.8) is 0 Å². The van der Waals surface area contributed by atoms with Gasteiger partial charge in [-0.2, -0.15) is 0 Å². The van der Waals surface area contributed by atoms with Crippen LogP contribution in [0.25, 0.3) is 0 Å². The number of carbonyl (C=O) groups is 1. The Bertz CT molecular complexity index is 550. The molecule has 0 radical (unpaired) electrons. The van der Waals surface area contributed by atoms with Gasteiger partial charge in [0.1, 0.15) is 5.82 Å². The van der Waals surface area contributed by atoms with Gasteiger partial charge in [-0.05, 0) is 29.8 Å². The molecule has 98 valence electrons. The Morgan fingerprint density at radius 1 is 1.26 bits per heavy atom. The fourth-order valence-corrected chi connectivity index (χ4v) is 1.59. The summed E-state index contributed by atoms with van der Waals surface area (Å²) in [6.07, 6.45) is 1.32. The van der Waals surface area contributed by atoms with E-state index in [9.17, 15) is 4.79 Å². The summed E-state index contributed by atoms with van der Waals surface area (Å²) in [5, 5.41) is 11.9. The number of hydrogen-bond acceptors (Lipinski definition) is 4. The molecule has 1 aromatic carbocycles. The molecule has 5 heteroatoms. The lowest BCUT2D eigenvalue weighted by Gasteiger charge is -2.06. The monoisotopic (exact) mass is 258 g/mol. The molecule has 0 fully saturated rings. The van der Waals surface area contributed by atoms with Gasteiger partial charge in [-0.3, -0.25) is 0 Å². The first kappa shape index (κ1) is 13.0. The number of rotatable bonds is 5. The third-order valence-electron chi connectivity index (χ3n) is 2.55. The summed E-state index contributed by atoms with van der Waals surface area (Å²) in [4.78, 5) is 14.7. The third-order valence-corrected chi connectivity index (χ3v) is 2.55. The Labute approximate surface area is 110 Å². The summed E-state index contributed by atoms with van der Waals surface area (Å²) in [6, 6.07) is 10.9. The number of methoxy groups -OCH3 is 1. The SMILES string of the molecule is COCc1ccc(Nc2ccc(C(=O)O)cn2)cc1. The van der Waals surface area contributed by atoms with Crippen LogP contribution in [0.2, 0.25) is 0 Å². The quantitative estimate of drug-likeness (QED) is 0.862. The number of pyridine rings is 1. The van der Waals surface area contributed by atoms with Gasteiger partial charge in [-0.15, -0.1) is 0 Å². The van der Waals surface area contributed by atoms with Crippen LogP contribution in [-0.2, 0) is 11.3 Å². The fraction of sp³-hybridized carbons (Fsp3) is 0.143. The number of carboxylic acid groups (broad SMARTS) is 1. The fourth-order valence-electron chi connectivity index (χ4n) is 1.59. The van der Waals surface area contributed by atoms with E-state index in [-0.39, 0.29) is 5.56 Å². The predicted molar refractivity (Wildman–Crippen MR) is 71.6 cm³/mol. The van der Waals surface area contributed by atoms with Crippen molar-refractivity contribution in [2.24, 2.45) is 0 Å². The first-order valence-corrected chi connectivity index (χ1v) is 5.73. The van der Waals surface area contributed by atoms with Crippen molar-refractivity contribution in [3.8, 4) is 0 Å². The molecular formula is C14H14N2O3. The Kier molecular flexibility index (Phi) is 4.10. The molecule has 2 N–H and O–H groups in total. The van der Waals surface area contributed by atoms with Gasteiger partial charge in [-0.1, -0.05) is 12.1 Å². The number of aromatic nitrogens is 1. The van der Waals surface area contributed by atoms with Crippen molar-refractivity contribution in [2.45, 2.75) is 6.61 Å². The van der Waals surface area contributed by atoms with Crippen LogP contribution >= 0.6 is 0 Å². The highest BCUT2D eigenvalue weighted by atomic mass is 16.5. The van der Waals surface area contributed by atoms with Crippen molar-refractivity contribution in [3.05, 3.63) is 53.7 Å². The maximum atomic E-state index is 10.7. The van der Waals surface area contributed by atoms with E-state index in [1.165, 1.54) is 12.3 Å². The maximum Gasteiger partial charge on any atom is 0.337 e. The molecule has 0 amide bonds. The molecule has 0 spiro atoms. The Morgan fingerprint density at radius 3 is 2.53 bits per heavy atom. The number of carboxylic acids is 1. The smallest absolute Gasteiger partial charge is 0.337 e. The number of benzene rings is 1. The number of aromatic carboxylic acids is 1. The second-order valence-corrected chi connectivity index (χ2v) is 3.99. The van der Waals surface area contributed by atoms with Crippen LogP contribution in [-0.4, -0.2) is 23.2 Å². The highest BCUT2D eigenvalue weighted by molar-refractivity contribution is 5.87. The minimum Gasteiger partial charge on any atom is -0.478 e. The van der Waals surface area contributed by atoms with Gasteiger partial charge < -0.3 is 15.2 Å². The van der Waals surface area contributed by atoms with Crippen molar-refractivity contribution >= 4 is 17.5 Å². The van der Waals surface area contributed by atoms with Crippen LogP contribution in [0.5, 0.6) is 0 Å². The van der Waals surface area contributed by atoms with Gasteiger partial charge in [0, 0.05) is 19.0 Å². The van der Waals surface area contributed by atoms with Crippen LogP contribution in [0, 0.1) is 0 Å². The lowest BCUT2D eigenvalue weighted by atomic mass is 10.2. The van der Waals surface area contributed by atoms with E-state index in [0.717, 1.165) is 11.3 Å². The second kappa shape index (κ2) is 5.97. The Balaban J connectivity index is 2.06. The first-order chi connectivity index (χ1) is 9.19. The van der Waals surface area contributed by atoms with Gasteiger partial charge in [0.25, 0.3) is 0 Å². The predicted octanol–water partition coefficient (Wildman–Crippen LogP) is 2.67. The highest BCUT2D eigenvalue weighted by Crippen LogP contribution is 2.15. The average molecular weight is 258 g/mol. The van der Waals surface area contributed by atoms with Gasteiger partial charge >= 0.3 is 5.97 Å². The maximum absolute atomic E-state index is 10.7. The van der Waals surface area contributed by atoms with Crippen LogP contribution in [0.3, 0.4) is 0 Å². The van der Waals surface area contributed by atoms with E-state index >= 15 is 0 Å². The first-order valence-electron chi connectivity index (χ1n) is 5.73. The summed E-state index contributed by atoms with van der Waals surface area (Å²) in [5.41, 5.74) is 2.14. The summed E-state index contributed by atoms with van der Waals surface area (Å²) in [5.74, 6) is -0.382. The molecule has 0 saturated heterocycles.